The van der Waals surface area contributed by atoms with Crippen LogP contribution in [0.4, 0.5) is 0 Å². The Morgan fingerprint density at radius 1 is 1.15 bits per heavy atom. The number of rotatable bonds is 2. The summed E-state index contributed by atoms with van der Waals surface area (Å²) in [4.78, 5) is 12.1. The van der Waals surface area contributed by atoms with Crippen LogP contribution in [0.25, 0.3) is 16.3 Å². The number of esters is 1. The molecule has 104 valence electrons. The molecule has 2 rings (SSSR count). The van der Waals surface area contributed by atoms with Crippen molar-refractivity contribution in [3.63, 3.8) is 0 Å². The lowest BCUT2D eigenvalue weighted by molar-refractivity contribution is -0.147. The first-order valence-corrected chi connectivity index (χ1v) is 6.43. The molecule has 0 aliphatic rings. The topological polar surface area (TPSA) is 46.5 Å². The minimum absolute atomic E-state index is 0.0274. The van der Waals surface area contributed by atoms with Crippen molar-refractivity contribution < 1.29 is 14.6 Å². The number of carbonyl (C=O) groups is 1. The fraction of sp³-hybridized carbons (Fsp3) is 0.235. The molecule has 0 fully saturated rings. The number of fused-ring (bicyclic) bond motifs is 1. The molecule has 0 saturated heterocycles. The predicted octanol–water partition coefficient (Wildman–Crippen LogP) is 3.90. The molecule has 3 heteroatoms. The summed E-state index contributed by atoms with van der Waals surface area (Å²) in [6, 6.07) is 10.9. The third-order valence-electron chi connectivity index (χ3n) is 2.85. The summed E-state index contributed by atoms with van der Waals surface area (Å²) in [5.41, 5.74) is -0.00758. The van der Waals surface area contributed by atoms with Gasteiger partial charge in [-0.25, -0.2) is 4.79 Å². The fourth-order valence-corrected chi connectivity index (χ4v) is 2.02. The van der Waals surface area contributed by atoms with E-state index in [0.717, 1.165) is 10.8 Å². The lowest BCUT2D eigenvalue weighted by atomic mass is 9.98. The molecule has 20 heavy (non-hydrogen) atoms. The van der Waals surface area contributed by atoms with Crippen LogP contribution in [0.15, 0.2) is 43.0 Å². The first-order valence-electron chi connectivity index (χ1n) is 6.43. The van der Waals surface area contributed by atoms with Crippen LogP contribution in [0.3, 0.4) is 0 Å². The van der Waals surface area contributed by atoms with Gasteiger partial charge in [0.25, 0.3) is 0 Å². The predicted molar refractivity (Wildman–Crippen MR) is 80.5 cm³/mol. The third-order valence-corrected chi connectivity index (χ3v) is 2.85. The van der Waals surface area contributed by atoms with E-state index in [2.05, 4.69) is 6.58 Å². The number of hydrogen-bond donors (Lipinski definition) is 1. The van der Waals surface area contributed by atoms with Gasteiger partial charge in [0.1, 0.15) is 11.4 Å². The normalized spacial score (nSPS) is 11.3. The molecule has 0 radical (unpaired) electrons. The molecule has 0 saturated carbocycles. The van der Waals surface area contributed by atoms with Gasteiger partial charge in [-0.1, -0.05) is 36.9 Å². The van der Waals surface area contributed by atoms with Gasteiger partial charge in [0, 0.05) is 5.56 Å². The van der Waals surface area contributed by atoms with Crippen molar-refractivity contribution in [1.29, 1.82) is 0 Å². The SMILES string of the molecule is C=C(C(=O)OC(C)(C)C)c1c(O)ccc2ccccc12. The Kier molecular flexibility index (Phi) is 3.53. The van der Waals surface area contributed by atoms with Crippen molar-refractivity contribution in [3.05, 3.63) is 48.5 Å². The van der Waals surface area contributed by atoms with Crippen molar-refractivity contribution in [2.45, 2.75) is 26.4 Å². The van der Waals surface area contributed by atoms with Crippen LogP contribution < -0.4 is 0 Å². The molecule has 0 aromatic heterocycles. The summed E-state index contributed by atoms with van der Waals surface area (Å²) in [6.07, 6.45) is 0. The number of ether oxygens (including phenoxy) is 1. The number of aromatic hydroxyl groups is 1. The Labute approximate surface area is 118 Å². The zero-order chi connectivity index (χ0) is 14.9. The van der Waals surface area contributed by atoms with E-state index in [-0.39, 0.29) is 11.3 Å². The minimum Gasteiger partial charge on any atom is -0.507 e. The molecule has 0 aliphatic carbocycles. The summed E-state index contributed by atoms with van der Waals surface area (Å²) in [7, 11) is 0. The van der Waals surface area contributed by atoms with E-state index in [9.17, 15) is 9.90 Å². The third kappa shape index (κ3) is 2.82. The van der Waals surface area contributed by atoms with Crippen molar-refractivity contribution in [2.75, 3.05) is 0 Å². The number of phenolic OH excluding ortho intramolecular Hbond substituents is 1. The highest BCUT2D eigenvalue weighted by Gasteiger charge is 2.22. The van der Waals surface area contributed by atoms with Gasteiger partial charge in [0.15, 0.2) is 0 Å². The fourth-order valence-electron chi connectivity index (χ4n) is 2.02. The summed E-state index contributed by atoms with van der Waals surface area (Å²) >= 11 is 0. The number of hydrogen-bond acceptors (Lipinski definition) is 3. The van der Waals surface area contributed by atoms with Gasteiger partial charge in [0.05, 0.1) is 5.57 Å². The van der Waals surface area contributed by atoms with Crippen molar-refractivity contribution >= 4 is 22.3 Å². The van der Waals surface area contributed by atoms with E-state index in [0.29, 0.717) is 5.56 Å². The Morgan fingerprint density at radius 3 is 2.45 bits per heavy atom. The average Bonchev–Trinajstić information content (AvgIpc) is 2.36. The van der Waals surface area contributed by atoms with Crippen LogP contribution in [-0.4, -0.2) is 16.7 Å². The molecule has 0 aliphatic heterocycles. The lowest BCUT2D eigenvalue weighted by Gasteiger charge is -2.21. The van der Waals surface area contributed by atoms with E-state index in [4.69, 9.17) is 4.74 Å². The zero-order valence-corrected chi connectivity index (χ0v) is 11.9. The Balaban J connectivity index is 2.49. The maximum atomic E-state index is 12.1. The second kappa shape index (κ2) is 5.00. The van der Waals surface area contributed by atoms with Gasteiger partial charge in [-0.3, -0.25) is 0 Å². The zero-order valence-electron chi connectivity index (χ0n) is 11.9. The smallest absolute Gasteiger partial charge is 0.338 e. The molecule has 0 unspecified atom stereocenters. The van der Waals surface area contributed by atoms with E-state index >= 15 is 0 Å². The number of benzene rings is 2. The average molecular weight is 270 g/mol. The summed E-state index contributed by atoms with van der Waals surface area (Å²) in [5, 5.41) is 11.8. The van der Waals surface area contributed by atoms with Crippen molar-refractivity contribution in [2.24, 2.45) is 0 Å². The maximum absolute atomic E-state index is 12.1. The molecule has 2 aromatic rings. The van der Waals surface area contributed by atoms with Gasteiger partial charge in [0.2, 0.25) is 0 Å². The Morgan fingerprint density at radius 2 is 1.80 bits per heavy atom. The largest absolute Gasteiger partial charge is 0.507 e. The molecule has 0 bridgehead atoms. The first kappa shape index (κ1) is 14.1. The standard InChI is InChI=1S/C17H18O3/c1-11(16(19)20-17(2,3)4)15-13-8-6-5-7-12(13)9-10-14(15)18/h5-10,18H,1H2,2-4H3. The molecule has 2 aromatic carbocycles. The highest BCUT2D eigenvalue weighted by molar-refractivity contribution is 6.20. The molecule has 0 spiro atoms. The maximum Gasteiger partial charge on any atom is 0.338 e. The molecular weight excluding hydrogens is 252 g/mol. The van der Waals surface area contributed by atoms with Crippen LogP contribution in [0.5, 0.6) is 5.75 Å². The minimum atomic E-state index is -0.597. The van der Waals surface area contributed by atoms with E-state index in [1.165, 1.54) is 0 Å². The first-order chi connectivity index (χ1) is 9.29. The monoisotopic (exact) mass is 270 g/mol. The molecule has 0 atom stereocenters. The van der Waals surface area contributed by atoms with Crippen molar-refractivity contribution in [3.8, 4) is 5.75 Å². The number of carbonyl (C=O) groups excluding carboxylic acids is 1. The number of phenols is 1. The Hall–Kier alpha value is -2.29. The van der Waals surface area contributed by atoms with Crippen LogP contribution >= 0.6 is 0 Å². The highest BCUT2D eigenvalue weighted by Crippen LogP contribution is 2.33. The molecule has 3 nitrogen and oxygen atoms in total. The molecular formula is C17H18O3. The summed E-state index contributed by atoms with van der Waals surface area (Å²) < 4.78 is 5.31. The van der Waals surface area contributed by atoms with E-state index in [1.54, 1.807) is 32.9 Å². The second-order valence-electron chi connectivity index (χ2n) is 5.66. The van der Waals surface area contributed by atoms with Crippen LogP contribution in [0.1, 0.15) is 26.3 Å². The molecule has 0 amide bonds. The van der Waals surface area contributed by atoms with Crippen LogP contribution in [0.2, 0.25) is 0 Å². The highest BCUT2D eigenvalue weighted by atomic mass is 16.6. The van der Waals surface area contributed by atoms with E-state index < -0.39 is 11.6 Å². The summed E-state index contributed by atoms with van der Waals surface area (Å²) in [6.45, 7) is 9.16. The summed E-state index contributed by atoms with van der Waals surface area (Å²) in [5.74, 6) is -0.497. The van der Waals surface area contributed by atoms with E-state index in [1.807, 2.05) is 24.3 Å². The lowest BCUT2D eigenvalue weighted by Crippen LogP contribution is -2.24. The molecule has 0 heterocycles. The molecule has 1 N–H and O–H groups in total. The van der Waals surface area contributed by atoms with Gasteiger partial charge in [-0.05, 0) is 37.6 Å². The van der Waals surface area contributed by atoms with Crippen molar-refractivity contribution in [1.82, 2.24) is 0 Å². The van der Waals surface area contributed by atoms with Crippen LogP contribution in [-0.2, 0) is 9.53 Å². The van der Waals surface area contributed by atoms with Gasteiger partial charge in [-0.2, -0.15) is 0 Å². The van der Waals surface area contributed by atoms with Gasteiger partial charge in [-0.15, -0.1) is 0 Å². The Bertz CT molecular complexity index is 678. The second-order valence-corrected chi connectivity index (χ2v) is 5.66. The quantitative estimate of drug-likeness (QED) is 0.665. The van der Waals surface area contributed by atoms with Gasteiger partial charge >= 0.3 is 5.97 Å². The van der Waals surface area contributed by atoms with Gasteiger partial charge < -0.3 is 9.84 Å². The van der Waals surface area contributed by atoms with Crippen LogP contribution in [0, 0.1) is 0 Å².